The van der Waals surface area contributed by atoms with Crippen LogP contribution in [0.15, 0.2) is 18.1 Å². The minimum atomic E-state index is -0.665. The summed E-state index contributed by atoms with van der Waals surface area (Å²) in [5.41, 5.74) is 1.16. The molecule has 6 nitrogen and oxygen atoms in total. The maximum Gasteiger partial charge on any atom is 0.356 e. The lowest BCUT2D eigenvalue weighted by molar-refractivity contribution is -0.118. The summed E-state index contributed by atoms with van der Waals surface area (Å²) in [6, 6.07) is 1.69. The predicted molar refractivity (Wildman–Crippen MR) is 67.3 cm³/mol. The van der Waals surface area contributed by atoms with Crippen molar-refractivity contribution in [2.24, 2.45) is 0 Å². The van der Waals surface area contributed by atoms with E-state index in [1.165, 1.54) is 0 Å². The fourth-order valence-corrected chi connectivity index (χ4v) is 1.82. The van der Waals surface area contributed by atoms with Crippen molar-refractivity contribution >= 4 is 5.97 Å². The van der Waals surface area contributed by atoms with Gasteiger partial charge < -0.3 is 14.2 Å². The topological polar surface area (TPSA) is 62.6 Å². The second kappa shape index (κ2) is 4.95. The maximum absolute atomic E-state index is 11.8. The number of ether oxygens (including phenoxy) is 3. The van der Waals surface area contributed by atoms with E-state index in [0.717, 1.165) is 5.69 Å². The molecule has 19 heavy (non-hydrogen) atoms. The van der Waals surface area contributed by atoms with Crippen molar-refractivity contribution in [3.8, 4) is 0 Å². The van der Waals surface area contributed by atoms with Crippen LogP contribution in [0.25, 0.3) is 0 Å². The maximum atomic E-state index is 11.8. The molecule has 1 aliphatic heterocycles. The molecule has 1 aliphatic rings. The standard InChI is InChI=1S/C13H18N2O4/c1-5-17-12(16)11-6-9(2)14-15(11)7-10-8-18-13(3,4)19-10/h6,8H,5,7H2,1-4H3. The number of allylic oxidation sites excluding steroid dienone is 1. The molecule has 0 fully saturated rings. The van der Waals surface area contributed by atoms with Crippen LogP contribution in [0.2, 0.25) is 0 Å². The average molecular weight is 266 g/mol. The third kappa shape index (κ3) is 3.07. The van der Waals surface area contributed by atoms with Gasteiger partial charge in [-0.3, -0.25) is 4.68 Å². The number of aromatic nitrogens is 2. The fourth-order valence-electron chi connectivity index (χ4n) is 1.82. The van der Waals surface area contributed by atoms with Gasteiger partial charge in [-0.15, -0.1) is 0 Å². The van der Waals surface area contributed by atoms with Crippen LogP contribution >= 0.6 is 0 Å². The van der Waals surface area contributed by atoms with Gasteiger partial charge in [0.2, 0.25) is 5.79 Å². The van der Waals surface area contributed by atoms with Gasteiger partial charge in [0.15, 0.2) is 5.76 Å². The summed E-state index contributed by atoms with van der Waals surface area (Å²) in [5, 5.41) is 4.26. The van der Waals surface area contributed by atoms with Gasteiger partial charge in [-0.2, -0.15) is 5.10 Å². The van der Waals surface area contributed by atoms with Gasteiger partial charge in [-0.1, -0.05) is 0 Å². The average Bonchev–Trinajstić information content (AvgIpc) is 2.83. The van der Waals surface area contributed by atoms with Gasteiger partial charge >= 0.3 is 5.97 Å². The van der Waals surface area contributed by atoms with Gasteiger partial charge in [0.05, 0.1) is 12.3 Å². The molecule has 1 aromatic heterocycles. The molecule has 0 amide bonds. The summed E-state index contributed by atoms with van der Waals surface area (Å²) in [7, 11) is 0. The first-order valence-electron chi connectivity index (χ1n) is 6.19. The Labute approximate surface area is 111 Å². The van der Waals surface area contributed by atoms with Gasteiger partial charge in [0.25, 0.3) is 0 Å². The number of carbonyl (C=O) groups is 1. The van der Waals surface area contributed by atoms with Crippen LogP contribution in [0.4, 0.5) is 0 Å². The van der Waals surface area contributed by atoms with E-state index < -0.39 is 5.79 Å². The zero-order chi connectivity index (χ0) is 14.0. The number of hydrogen-bond acceptors (Lipinski definition) is 5. The molecule has 0 spiro atoms. The van der Waals surface area contributed by atoms with Crippen molar-refractivity contribution in [2.45, 2.75) is 40.0 Å². The third-order valence-electron chi connectivity index (χ3n) is 2.54. The molecule has 2 heterocycles. The van der Waals surface area contributed by atoms with Crippen molar-refractivity contribution in [3.63, 3.8) is 0 Å². The quantitative estimate of drug-likeness (QED) is 0.780. The lowest BCUT2D eigenvalue weighted by Gasteiger charge is -2.18. The number of aryl methyl sites for hydroxylation is 1. The highest BCUT2D eigenvalue weighted by molar-refractivity contribution is 5.87. The van der Waals surface area contributed by atoms with Crippen molar-refractivity contribution in [1.29, 1.82) is 0 Å². The summed E-state index contributed by atoms with van der Waals surface area (Å²) in [4.78, 5) is 11.8. The molecule has 1 aromatic rings. The first-order chi connectivity index (χ1) is 8.91. The number of carbonyl (C=O) groups excluding carboxylic acids is 1. The molecule has 104 valence electrons. The van der Waals surface area contributed by atoms with Gasteiger partial charge in [0.1, 0.15) is 18.5 Å². The molecule has 0 aliphatic carbocycles. The van der Waals surface area contributed by atoms with E-state index >= 15 is 0 Å². The molecular weight excluding hydrogens is 248 g/mol. The summed E-state index contributed by atoms with van der Waals surface area (Å²) in [6.07, 6.45) is 1.55. The Morgan fingerprint density at radius 1 is 1.53 bits per heavy atom. The zero-order valence-electron chi connectivity index (χ0n) is 11.6. The second-order valence-corrected chi connectivity index (χ2v) is 4.75. The predicted octanol–water partition coefficient (Wildman–Crippen LogP) is 1.99. The lowest BCUT2D eigenvalue weighted by Crippen LogP contribution is -2.21. The Morgan fingerprint density at radius 2 is 2.26 bits per heavy atom. The van der Waals surface area contributed by atoms with Crippen LogP contribution in [0.1, 0.15) is 37.0 Å². The largest absolute Gasteiger partial charge is 0.461 e. The lowest BCUT2D eigenvalue weighted by atomic mass is 10.3. The van der Waals surface area contributed by atoms with Crippen LogP contribution in [-0.4, -0.2) is 28.1 Å². The van der Waals surface area contributed by atoms with E-state index in [2.05, 4.69) is 5.10 Å². The monoisotopic (exact) mass is 266 g/mol. The Kier molecular flexibility index (Phi) is 3.50. The van der Waals surface area contributed by atoms with Crippen molar-refractivity contribution in [3.05, 3.63) is 29.5 Å². The molecule has 0 atom stereocenters. The first-order valence-corrected chi connectivity index (χ1v) is 6.19. The summed E-state index contributed by atoms with van der Waals surface area (Å²) in [6.45, 7) is 7.89. The number of esters is 1. The Hall–Kier alpha value is -1.98. The highest BCUT2D eigenvalue weighted by atomic mass is 16.7. The van der Waals surface area contributed by atoms with Gasteiger partial charge in [-0.05, 0) is 19.9 Å². The molecule has 6 heteroatoms. The van der Waals surface area contributed by atoms with Crippen LogP contribution < -0.4 is 0 Å². The SMILES string of the molecule is CCOC(=O)c1cc(C)nn1CC1=COC(C)(C)O1. The number of rotatable bonds is 4. The number of nitrogens with zero attached hydrogens (tertiary/aromatic N) is 2. The smallest absolute Gasteiger partial charge is 0.356 e. The summed E-state index contributed by atoms with van der Waals surface area (Å²) < 4.78 is 17.5. The molecule has 0 saturated heterocycles. The third-order valence-corrected chi connectivity index (χ3v) is 2.54. The molecule has 0 bridgehead atoms. The van der Waals surface area contributed by atoms with Crippen LogP contribution in [0.5, 0.6) is 0 Å². The molecule has 0 aromatic carbocycles. The van der Waals surface area contributed by atoms with Crippen molar-refractivity contribution in [1.82, 2.24) is 9.78 Å². The molecular formula is C13H18N2O4. The Morgan fingerprint density at radius 3 is 2.84 bits per heavy atom. The normalized spacial score (nSPS) is 16.5. The number of hydrogen-bond donors (Lipinski definition) is 0. The van der Waals surface area contributed by atoms with Crippen LogP contribution in [-0.2, 0) is 20.8 Å². The first kappa shape index (κ1) is 13.5. The fraction of sp³-hybridized carbons (Fsp3) is 0.538. The molecule has 0 N–H and O–H groups in total. The van der Waals surface area contributed by atoms with Gasteiger partial charge in [-0.25, -0.2) is 4.79 Å². The molecule has 0 radical (unpaired) electrons. The van der Waals surface area contributed by atoms with Crippen LogP contribution in [0.3, 0.4) is 0 Å². The molecule has 0 saturated carbocycles. The van der Waals surface area contributed by atoms with E-state index in [1.54, 1.807) is 23.9 Å². The van der Waals surface area contributed by atoms with Gasteiger partial charge in [0, 0.05) is 13.8 Å². The van der Waals surface area contributed by atoms with E-state index in [0.29, 0.717) is 24.6 Å². The Balaban J connectivity index is 2.15. The van der Waals surface area contributed by atoms with E-state index in [-0.39, 0.29) is 5.97 Å². The molecule has 0 unspecified atom stereocenters. The minimum absolute atomic E-state index is 0.332. The zero-order valence-corrected chi connectivity index (χ0v) is 11.6. The highest BCUT2D eigenvalue weighted by Crippen LogP contribution is 2.25. The summed E-state index contributed by atoms with van der Waals surface area (Å²) >= 11 is 0. The molecule has 2 rings (SSSR count). The second-order valence-electron chi connectivity index (χ2n) is 4.75. The van der Waals surface area contributed by atoms with E-state index in [9.17, 15) is 4.79 Å². The van der Waals surface area contributed by atoms with E-state index in [4.69, 9.17) is 14.2 Å². The van der Waals surface area contributed by atoms with Crippen molar-refractivity contribution in [2.75, 3.05) is 6.61 Å². The Bertz CT molecular complexity index is 517. The highest BCUT2D eigenvalue weighted by Gasteiger charge is 2.28. The van der Waals surface area contributed by atoms with Crippen LogP contribution in [0, 0.1) is 6.92 Å². The van der Waals surface area contributed by atoms with Crippen molar-refractivity contribution < 1.29 is 19.0 Å². The minimum Gasteiger partial charge on any atom is -0.461 e. The summed E-state index contributed by atoms with van der Waals surface area (Å²) in [5.74, 6) is -0.428. The van der Waals surface area contributed by atoms with E-state index in [1.807, 2.05) is 20.8 Å².